The fourth-order valence-corrected chi connectivity index (χ4v) is 3.41. The lowest BCUT2D eigenvalue weighted by Crippen LogP contribution is -2.24. The third-order valence-corrected chi connectivity index (χ3v) is 5.03. The third-order valence-electron chi connectivity index (χ3n) is 3.46. The van der Waals surface area contributed by atoms with Gasteiger partial charge >= 0.3 is 5.97 Å². The molecule has 0 unspecified atom stereocenters. The lowest BCUT2D eigenvalue weighted by atomic mass is 10.1. The molecule has 1 aromatic carbocycles. The van der Waals surface area contributed by atoms with E-state index in [9.17, 15) is 13.2 Å². The number of aryl methyl sites for hydroxylation is 3. The van der Waals surface area contributed by atoms with Gasteiger partial charge in [0.15, 0.2) is 0 Å². The summed E-state index contributed by atoms with van der Waals surface area (Å²) in [5.41, 5.74) is 2.10. The predicted molar refractivity (Wildman–Crippen MR) is 80.3 cm³/mol. The average molecular weight is 323 g/mol. The minimum absolute atomic E-state index is 0.0537. The zero-order valence-electron chi connectivity index (χ0n) is 12.5. The molecule has 0 amide bonds. The summed E-state index contributed by atoms with van der Waals surface area (Å²) < 4.78 is 32.5. The van der Waals surface area contributed by atoms with E-state index in [2.05, 4.69) is 4.72 Å². The second-order valence-electron chi connectivity index (χ2n) is 5.06. The number of nitrogens with one attached hydrogen (secondary N) is 1. The highest BCUT2D eigenvalue weighted by Crippen LogP contribution is 2.19. The lowest BCUT2D eigenvalue weighted by molar-refractivity contribution is 0.0696. The van der Waals surface area contributed by atoms with Crippen LogP contribution >= 0.6 is 0 Å². The monoisotopic (exact) mass is 323 g/mol. The van der Waals surface area contributed by atoms with Crippen LogP contribution in [0, 0.1) is 20.8 Å². The van der Waals surface area contributed by atoms with E-state index in [1.54, 1.807) is 20.1 Å². The Labute approximate surface area is 128 Å². The van der Waals surface area contributed by atoms with Crippen LogP contribution in [0.25, 0.3) is 0 Å². The summed E-state index contributed by atoms with van der Waals surface area (Å²) in [6.07, 6.45) is 1.58. The first kappa shape index (κ1) is 16.3. The van der Waals surface area contributed by atoms with Gasteiger partial charge in [0.2, 0.25) is 10.0 Å². The average Bonchev–Trinajstić information content (AvgIpc) is 2.75. The molecule has 0 spiro atoms. The number of benzene rings is 1. The molecule has 2 N–H and O–H groups in total. The Balaban J connectivity index is 2.26. The molecule has 1 aromatic heterocycles. The molecule has 118 valence electrons. The third kappa shape index (κ3) is 3.20. The molecule has 0 radical (unpaired) electrons. The van der Waals surface area contributed by atoms with Crippen molar-refractivity contribution >= 4 is 16.0 Å². The van der Waals surface area contributed by atoms with Gasteiger partial charge in [0.1, 0.15) is 5.76 Å². The van der Waals surface area contributed by atoms with Crippen molar-refractivity contribution in [2.24, 2.45) is 0 Å². The van der Waals surface area contributed by atoms with E-state index in [-0.39, 0.29) is 17.0 Å². The summed E-state index contributed by atoms with van der Waals surface area (Å²) in [5, 5.41) is 8.92. The Morgan fingerprint density at radius 1 is 1.23 bits per heavy atom. The van der Waals surface area contributed by atoms with Crippen LogP contribution in [0.4, 0.5) is 0 Å². The van der Waals surface area contributed by atoms with E-state index in [0.717, 1.165) is 11.1 Å². The number of furan rings is 1. The molecule has 0 bridgehead atoms. The molecule has 2 rings (SSSR count). The van der Waals surface area contributed by atoms with Crippen LogP contribution in [0.1, 0.15) is 32.8 Å². The van der Waals surface area contributed by atoms with Crippen LogP contribution in [0.2, 0.25) is 0 Å². The Bertz CT molecular complexity index is 801. The summed E-state index contributed by atoms with van der Waals surface area (Å²) in [5.74, 6) is -0.428. The Kier molecular flexibility index (Phi) is 4.39. The second kappa shape index (κ2) is 5.94. The maximum atomic E-state index is 12.4. The first-order chi connectivity index (χ1) is 10.2. The summed E-state index contributed by atoms with van der Waals surface area (Å²) in [6, 6.07) is 3.92. The number of hydrogen-bond donors (Lipinski definition) is 2. The first-order valence-electron chi connectivity index (χ1n) is 6.59. The number of aromatic carboxylic acids is 1. The molecule has 22 heavy (non-hydrogen) atoms. The van der Waals surface area contributed by atoms with Crippen LogP contribution in [0.5, 0.6) is 0 Å². The van der Waals surface area contributed by atoms with Crippen molar-refractivity contribution in [3.63, 3.8) is 0 Å². The van der Waals surface area contributed by atoms with Crippen molar-refractivity contribution in [3.05, 3.63) is 52.5 Å². The Hall–Kier alpha value is -2.12. The van der Waals surface area contributed by atoms with Crippen molar-refractivity contribution in [2.75, 3.05) is 0 Å². The van der Waals surface area contributed by atoms with Gasteiger partial charge in [-0.1, -0.05) is 0 Å². The molecular formula is C15H17NO5S. The van der Waals surface area contributed by atoms with Gasteiger partial charge in [-0.15, -0.1) is 0 Å². The molecular weight excluding hydrogens is 306 g/mol. The van der Waals surface area contributed by atoms with E-state index in [1.807, 2.05) is 6.92 Å². The van der Waals surface area contributed by atoms with Crippen LogP contribution in [-0.4, -0.2) is 19.5 Å². The predicted octanol–water partition coefficient (Wildman–Crippen LogP) is 2.38. The number of carbonyl (C=O) groups is 1. The van der Waals surface area contributed by atoms with E-state index in [4.69, 9.17) is 9.52 Å². The minimum Gasteiger partial charge on any atom is -0.478 e. The number of carboxylic acids is 1. The molecule has 0 atom stereocenters. The smallest absolute Gasteiger partial charge is 0.335 e. The van der Waals surface area contributed by atoms with E-state index in [0.29, 0.717) is 11.3 Å². The molecule has 7 heteroatoms. The molecule has 0 saturated heterocycles. The number of carboxylic acid groups (broad SMARTS) is 1. The summed E-state index contributed by atoms with van der Waals surface area (Å²) in [6.45, 7) is 5.29. The van der Waals surface area contributed by atoms with Crippen molar-refractivity contribution in [2.45, 2.75) is 32.2 Å². The van der Waals surface area contributed by atoms with Crippen LogP contribution in [0.15, 0.2) is 33.8 Å². The van der Waals surface area contributed by atoms with Crippen LogP contribution < -0.4 is 4.72 Å². The summed E-state index contributed by atoms with van der Waals surface area (Å²) >= 11 is 0. The van der Waals surface area contributed by atoms with Gasteiger partial charge in [0.05, 0.1) is 16.7 Å². The topological polar surface area (TPSA) is 96.6 Å². The molecule has 1 heterocycles. The normalized spacial score (nSPS) is 11.6. The lowest BCUT2D eigenvalue weighted by Gasteiger charge is -2.10. The van der Waals surface area contributed by atoms with Crippen molar-refractivity contribution in [3.8, 4) is 0 Å². The highest BCUT2D eigenvalue weighted by molar-refractivity contribution is 7.89. The Morgan fingerprint density at radius 2 is 1.91 bits per heavy atom. The van der Waals surface area contributed by atoms with Gasteiger partial charge in [0, 0.05) is 12.1 Å². The van der Waals surface area contributed by atoms with Gasteiger partial charge in [-0.2, -0.15) is 0 Å². The van der Waals surface area contributed by atoms with Gasteiger partial charge in [-0.05, 0) is 50.1 Å². The summed E-state index contributed by atoms with van der Waals surface area (Å²) in [7, 11) is -3.73. The molecule has 0 aliphatic heterocycles. The quantitative estimate of drug-likeness (QED) is 0.880. The van der Waals surface area contributed by atoms with E-state index >= 15 is 0 Å². The van der Waals surface area contributed by atoms with E-state index < -0.39 is 16.0 Å². The number of sulfonamides is 1. The number of hydrogen-bond acceptors (Lipinski definition) is 4. The molecule has 0 aliphatic rings. The maximum absolute atomic E-state index is 12.4. The van der Waals surface area contributed by atoms with Crippen LogP contribution in [-0.2, 0) is 16.6 Å². The second-order valence-corrected chi connectivity index (χ2v) is 6.80. The van der Waals surface area contributed by atoms with Crippen molar-refractivity contribution in [1.82, 2.24) is 4.72 Å². The first-order valence-corrected chi connectivity index (χ1v) is 8.08. The standard InChI is InChI=1S/C15H17NO5S/c1-9-6-12(15(17)18)4-5-14(9)22(19,20)16-7-13-10(2)8-21-11(13)3/h4-6,8,16H,7H2,1-3H3,(H,17,18). The maximum Gasteiger partial charge on any atom is 0.335 e. The van der Waals surface area contributed by atoms with Gasteiger partial charge < -0.3 is 9.52 Å². The fourth-order valence-electron chi connectivity index (χ4n) is 2.19. The highest BCUT2D eigenvalue weighted by Gasteiger charge is 2.19. The zero-order valence-corrected chi connectivity index (χ0v) is 13.3. The molecule has 0 fully saturated rings. The number of rotatable bonds is 5. The summed E-state index contributed by atoms with van der Waals surface area (Å²) in [4.78, 5) is 11.0. The minimum atomic E-state index is -3.73. The van der Waals surface area contributed by atoms with Crippen molar-refractivity contribution < 1.29 is 22.7 Å². The molecule has 0 saturated carbocycles. The SMILES string of the molecule is Cc1cc(C(=O)O)ccc1S(=O)(=O)NCc1c(C)coc1C. The van der Waals surface area contributed by atoms with Crippen molar-refractivity contribution in [1.29, 1.82) is 0 Å². The molecule has 0 aliphatic carbocycles. The van der Waals surface area contributed by atoms with Gasteiger partial charge in [-0.25, -0.2) is 17.9 Å². The highest BCUT2D eigenvalue weighted by atomic mass is 32.2. The van der Waals surface area contributed by atoms with Crippen LogP contribution in [0.3, 0.4) is 0 Å². The van der Waals surface area contributed by atoms with Gasteiger partial charge in [-0.3, -0.25) is 0 Å². The molecule has 6 nitrogen and oxygen atoms in total. The molecule has 2 aromatic rings. The van der Waals surface area contributed by atoms with Gasteiger partial charge in [0.25, 0.3) is 0 Å². The zero-order chi connectivity index (χ0) is 16.5. The largest absolute Gasteiger partial charge is 0.478 e. The Morgan fingerprint density at radius 3 is 2.41 bits per heavy atom. The fraction of sp³-hybridized carbons (Fsp3) is 0.267. The van der Waals surface area contributed by atoms with E-state index in [1.165, 1.54) is 18.2 Å².